The number of ether oxygens (including phenoxy) is 1. The molecule has 0 spiro atoms. The van der Waals surface area contributed by atoms with Gasteiger partial charge in [-0.3, -0.25) is 19.3 Å². The molecule has 0 aliphatic carbocycles. The topological polar surface area (TPSA) is 107 Å². The number of hydrogen-bond donors (Lipinski definition) is 1. The Morgan fingerprint density at radius 2 is 1.58 bits per heavy atom. The van der Waals surface area contributed by atoms with Crippen molar-refractivity contribution in [2.45, 2.75) is 39.3 Å². The normalized spacial score (nSPS) is 16.1. The third-order valence-corrected chi connectivity index (χ3v) is 3.80. The second kappa shape index (κ2) is 6.82. The van der Waals surface area contributed by atoms with Crippen LogP contribution in [0.25, 0.3) is 0 Å². The fourth-order valence-corrected chi connectivity index (χ4v) is 2.56. The molecule has 7 nitrogen and oxygen atoms in total. The maximum Gasteiger partial charge on any atom is 0.330 e. The molecule has 0 radical (unpaired) electrons. The number of amides is 3. The summed E-state index contributed by atoms with van der Waals surface area (Å²) in [4.78, 5) is 49.6. The van der Waals surface area contributed by atoms with E-state index in [1.54, 1.807) is 24.3 Å². The maximum atomic E-state index is 12.6. The zero-order chi connectivity index (χ0) is 18.0. The molecule has 3 amide bonds. The van der Waals surface area contributed by atoms with E-state index in [0.29, 0.717) is 0 Å². The number of nitrogens with two attached hydrogens (primary N) is 1. The van der Waals surface area contributed by atoms with Crippen LogP contribution in [0.1, 0.15) is 47.9 Å². The SMILES string of the molecule is CC(C)C[C@@H](C(=O)O[C@@H](C)C(N)=O)N1C(=O)c2ccccc2C1=O. The van der Waals surface area contributed by atoms with Gasteiger partial charge in [-0.25, -0.2) is 4.79 Å². The molecule has 0 bridgehead atoms. The molecule has 2 atom stereocenters. The van der Waals surface area contributed by atoms with E-state index in [2.05, 4.69) is 0 Å². The molecule has 0 unspecified atom stereocenters. The molecule has 128 valence electrons. The van der Waals surface area contributed by atoms with E-state index >= 15 is 0 Å². The Labute approximate surface area is 139 Å². The molecule has 0 saturated heterocycles. The molecular weight excluding hydrogens is 312 g/mol. The van der Waals surface area contributed by atoms with Gasteiger partial charge in [0.1, 0.15) is 6.04 Å². The predicted octanol–water partition coefficient (Wildman–Crippen LogP) is 1.11. The minimum absolute atomic E-state index is 0.0238. The molecule has 1 aliphatic rings. The highest BCUT2D eigenvalue weighted by Gasteiger charge is 2.43. The van der Waals surface area contributed by atoms with Crippen molar-refractivity contribution in [2.75, 3.05) is 0 Å². The summed E-state index contributed by atoms with van der Waals surface area (Å²) in [6.45, 7) is 5.06. The highest BCUT2D eigenvalue weighted by Crippen LogP contribution is 2.27. The fraction of sp³-hybridized carbons (Fsp3) is 0.412. The van der Waals surface area contributed by atoms with E-state index in [-0.39, 0.29) is 23.5 Å². The molecule has 24 heavy (non-hydrogen) atoms. The van der Waals surface area contributed by atoms with Crippen LogP contribution in [-0.4, -0.2) is 40.7 Å². The van der Waals surface area contributed by atoms with Gasteiger partial charge < -0.3 is 10.5 Å². The van der Waals surface area contributed by atoms with Gasteiger partial charge in [0, 0.05) is 0 Å². The van der Waals surface area contributed by atoms with E-state index in [1.807, 2.05) is 13.8 Å². The standard InChI is InChI=1S/C17H20N2O5/c1-9(2)8-13(17(23)24-10(3)14(18)20)19-15(21)11-6-4-5-7-12(11)16(19)22/h4-7,9-10,13H,8H2,1-3H3,(H2,18,20)/t10-,13-/m0/s1. The molecule has 1 aromatic carbocycles. The first-order valence-electron chi connectivity index (χ1n) is 7.70. The Morgan fingerprint density at radius 1 is 1.08 bits per heavy atom. The van der Waals surface area contributed by atoms with Crippen LogP contribution in [0.3, 0.4) is 0 Å². The molecule has 0 fully saturated rings. The molecule has 1 aromatic rings. The molecule has 0 saturated carbocycles. The third-order valence-electron chi connectivity index (χ3n) is 3.80. The average molecular weight is 332 g/mol. The van der Waals surface area contributed by atoms with E-state index in [9.17, 15) is 19.2 Å². The summed E-state index contributed by atoms with van der Waals surface area (Å²) in [5.41, 5.74) is 5.61. The molecule has 1 heterocycles. The number of esters is 1. The van der Waals surface area contributed by atoms with Crippen molar-refractivity contribution in [1.29, 1.82) is 0 Å². The summed E-state index contributed by atoms with van der Waals surface area (Å²) in [7, 11) is 0. The Balaban J connectivity index is 2.32. The Kier molecular flexibility index (Phi) is 5.02. The molecular formula is C17H20N2O5. The number of nitrogens with zero attached hydrogens (tertiary/aromatic N) is 1. The largest absolute Gasteiger partial charge is 0.451 e. The van der Waals surface area contributed by atoms with Crippen molar-refractivity contribution in [1.82, 2.24) is 4.90 Å². The monoisotopic (exact) mass is 332 g/mol. The summed E-state index contributed by atoms with van der Waals surface area (Å²) in [5, 5.41) is 0. The lowest BCUT2D eigenvalue weighted by atomic mass is 10.0. The van der Waals surface area contributed by atoms with Crippen LogP contribution in [0.2, 0.25) is 0 Å². The summed E-state index contributed by atoms with van der Waals surface area (Å²) < 4.78 is 5.02. The molecule has 2 N–H and O–H groups in total. The van der Waals surface area contributed by atoms with Crippen LogP contribution < -0.4 is 5.73 Å². The first-order valence-corrected chi connectivity index (χ1v) is 7.70. The van der Waals surface area contributed by atoms with Crippen LogP contribution in [-0.2, 0) is 14.3 Å². The van der Waals surface area contributed by atoms with Crippen molar-refractivity contribution < 1.29 is 23.9 Å². The Morgan fingerprint density at radius 3 is 2.00 bits per heavy atom. The number of carbonyl (C=O) groups excluding carboxylic acids is 4. The van der Waals surface area contributed by atoms with Crippen LogP contribution in [0.15, 0.2) is 24.3 Å². The predicted molar refractivity (Wildman–Crippen MR) is 84.9 cm³/mol. The van der Waals surface area contributed by atoms with Crippen LogP contribution in [0.5, 0.6) is 0 Å². The lowest BCUT2D eigenvalue weighted by molar-refractivity contribution is -0.158. The Hall–Kier alpha value is -2.70. The summed E-state index contributed by atoms with van der Waals surface area (Å²) >= 11 is 0. The highest BCUT2D eigenvalue weighted by atomic mass is 16.5. The van der Waals surface area contributed by atoms with Gasteiger partial charge in [-0.2, -0.15) is 0 Å². The van der Waals surface area contributed by atoms with E-state index in [1.165, 1.54) is 6.92 Å². The molecule has 2 rings (SSSR count). The molecule has 7 heteroatoms. The summed E-state index contributed by atoms with van der Waals surface area (Å²) in [6, 6.07) is 5.29. The lowest BCUT2D eigenvalue weighted by Crippen LogP contribution is -2.48. The quantitative estimate of drug-likeness (QED) is 0.620. The summed E-state index contributed by atoms with van der Waals surface area (Å²) in [5.74, 6) is -2.66. The number of imide groups is 1. The van der Waals surface area contributed by atoms with Crippen LogP contribution in [0, 0.1) is 5.92 Å². The molecule has 1 aliphatic heterocycles. The number of primary amides is 1. The first kappa shape index (κ1) is 17.7. The average Bonchev–Trinajstić information content (AvgIpc) is 2.77. The number of carbonyl (C=O) groups is 4. The van der Waals surface area contributed by atoms with Crippen molar-refractivity contribution in [2.24, 2.45) is 11.7 Å². The Bertz CT molecular complexity index is 663. The number of hydrogen-bond acceptors (Lipinski definition) is 5. The first-order chi connectivity index (χ1) is 11.2. The van der Waals surface area contributed by atoms with Crippen molar-refractivity contribution in [3.63, 3.8) is 0 Å². The zero-order valence-corrected chi connectivity index (χ0v) is 13.8. The van der Waals surface area contributed by atoms with Crippen LogP contribution in [0.4, 0.5) is 0 Å². The summed E-state index contributed by atoms with van der Waals surface area (Å²) in [6.07, 6.45) is -0.905. The number of fused-ring (bicyclic) bond motifs is 1. The molecule has 0 aromatic heterocycles. The van der Waals surface area contributed by atoms with Gasteiger partial charge in [0.05, 0.1) is 11.1 Å². The minimum atomic E-state index is -1.14. The van der Waals surface area contributed by atoms with Crippen molar-refractivity contribution >= 4 is 23.7 Å². The van der Waals surface area contributed by atoms with Gasteiger partial charge in [0.2, 0.25) is 0 Å². The van der Waals surface area contributed by atoms with E-state index < -0.39 is 35.8 Å². The van der Waals surface area contributed by atoms with E-state index in [4.69, 9.17) is 10.5 Å². The highest BCUT2D eigenvalue weighted by molar-refractivity contribution is 6.22. The van der Waals surface area contributed by atoms with Gasteiger partial charge in [0.25, 0.3) is 17.7 Å². The van der Waals surface area contributed by atoms with Gasteiger partial charge in [-0.05, 0) is 31.4 Å². The van der Waals surface area contributed by atoms with Gasteiger partial charge >= 0.3 is 5.97 Å². The van der Waals surface area contributed by atoms with Gasteiger partial charge in [0.15, 0.2) is 6.10 Å². The van der Waals surface area contributed by atoms with Gasteiger partial charge in [-0.15, -0.1) is 0 Å². The third kappa shape index (κ3) is 3.29. The van der Waals surface area contributed by atoms with E-state index in [0.717, 1.165) is 4.90 Å². The number of rotatable bonds is 6. The van der Waals surface area contributed by atoms with Crippen molar-refractivity contribution in [3.05, 3.63) is 35.4 Å². The number of benzene rings is 1. The minimum Gasteiger partial charge on any atom is -0.451 e. The lowest BCUT2D eigenvalue weighted by Gasteiger charge is -2.26. The van der Waals surface area contributed by atoms with Crippen molar-refractivity contribution in [3.8, 4) is 0 Å². The van der Waals surface area contributed by atoms with Crippen LogP contribution >= 0.6 is 0 Å². The second-order valence-electron chi connectivity index (χ2n) is 6.15. The maximum absolute atomic E-state index is 12.6. The second-order valence-corrected chi connectivity index (χ2v) is 6.15. The van der Waals surface area contributed by atoms with Gasteiger partial charge in [-0.1, -0.05) is 26.0 Å². The zero-order valence-electron chi connectivity index (χ0n) is 13.8. The smallest absolute Gasteiger partial charge is 0.330 e. The fourth-order valence-electron chi connectivity index (χ4n) is 2.56.